The minimum atomic E-state index is -0.399. The summed E-state index contributed by atoms with van der Waals surface area (Å²) in [7, 11) is 0. The molecule has 0 radical (unpaired) electrons. The molecule has 1 amide bonds. The molecule has 0 aliphatic heterocycles. The van der Waals surface area contributed by atoms with E-state index in [-0.39, 0.29) is 11.6 Å². The first-order chi connectivity index (χ1) is 12.5. The van der Waals surface area contributed by atoms with E-state index in [2.05, 4.69) is 20.6 Å². The van der Waals surface area contributed by atoms with Gasteiger partial charge in [-0.15, -0.1) is 0 Å². The number of carbonyl (C=O) groups is 1. The number of nitriles is 1. The van der Waals surface area contributed by atoms with Crippen molar-refractivity contribution in [3.05, 3.63) is 76.0 Å². The van der Waals surface area contributed by atoms with Crippen LogP contribution >= 0.6 is 23.2 Å². The molecule has 3 aromatic rings. The van der Waals surface area contributed by atoms with Crippen LogP contribution in [0.4, 0.5) is 17.3 Å². The first-order valence-electron chi connectivity index (χ1n) is 7.41. The highest BCUT2D eigenvalue weighted by molar-refractivity contribution is 6.35. The summed E-state index contributed by atoms with van der Waals surface area (Å²) in [4.78, 5) is 20.6. The highest BCUT2D eigenvalue weighted by atomic mass is 35.5. The van der Waals surface area contributed by atoms with E-state index >= 15 is 0 Å². The molecule has 128 valence electrons. The number of nitrogens with one attached hydrogen (secondary N) is 2. The van der Waals surface area contributed by atoms with Gasteiger partial charge in [0.1, 0.15) is 5.69 Å². The zero-order valence-electron chi connectivity index (χ0n) is 13.2. The van der Waals surface area contributed by atoms with Crippen molar-refractivity contribution in [1.29, 1.82) is 5.26 Å². The summed E-state index contributed by atoms with van der Waals surface area (Å²) >= 11 is 11.9. The van der Waals surface area contributed by atoms with Crippen LogP contribution in [0.1, 0.15) is 16.1 Å². The van der Waals surface area contributed by atoms with Gasteiger partial charge in [-0.2, -0.15) is 5.26 Å². The summed E-state index contributed by atoms with van der Waals surface area (Å²) in [6, 6.07) is 15.0. The fraction of sp³-hybridized carbons (Fsp3) is 0. The molecule has 0 fully saturated rings. The Morgan fingerprint density at radius 3 is 2.35 bits per heavy atom. The summed E-state index contributed by atoms with van der Waals surface area (Å²) in [6.07, 6.45) is 1.47. The predicted molar refractivity (Wildman–Crippen MR) is 101 cm³/mol. The fourth-order valence-electron chi connectivity index (χ4n) is 2.12. The SMILES string of the molecule is N#Cc1ccc(NC(=O)c2ccnc(Nc3cc(Cl)cc(Cl)c3)n2)cc1. The molecule has 0 bridgehead atoms. The van der Waals surface area contributed by atoms with Gasteiger partial charge < -0.3 is 10.6 Å². The molecule has 3 rings (SSSR count). The topological polar surface area (TPSA) is 90.7 Å². The first kappa shape index (κ1) is 17.7. The summed E-state index contributed by atoms with van der Waals surface area (Å²) in [5, 5.41) is 15.4. The number of hydrogen-bond donors (Lipinski definition) is 2. The number of halogens is 2. The molecule has 0 unspecified atom stereocenters. The third-order valence-electron chi connectivity index (χ3n) is 3.28. The standard InChI is InChI=1S/C18H11Cl2N5O/c19-12-7-13(20)9-15(8-12)24-18-22-6-5-16(25-18)17(26)23-14-3-1-11(10-21)2-4-14/h1-9H,(H,23,26)(H,22,24,25). The first-order valence-corrected chi connectivity index (χ1v) is 8.17. The number of aromatic nitrogens is 2. The smallest absolute Gasteiger partial charge is 0.274 e. The Balaban J connectivity index is 1.75. The van der Waals surface area contributed by atoms with Crippen LogP contribution in [0, 0.1) is 11.3 Å². The Kier molecular flexibility index (Phi) is 5.32. The molecule has 6 nitrogen and oxygen atoms in total. The largest absolute Gasteiger partial charge is 0.324 e. The zero-order valence-corrected chi connectivity index (χ0v) is 14.7. The van der Waals surface area contributed by atoms with Gasteiger partial charge in [0.2, 0.25) is 5.95 Å². The maximum atomic E-state index is 12.3. The van der Waals surface area contributed by atoms with Gasteiger partial charge in [0.25, 0.3) is 5.91 Å². The normalized spacial score (nSPS) is 10.0. The Labute approximate surface area is 159 Å². The monoisotopic (exact) mass is 383 g/mol. The number of hydrogen-bond acceptors (Lipinski definition) is 5. The molecule has 8 heteroatoms. The van der Waals surface area contributed by atoms with E-state index < -0.39 is 5.91 Å². The molecular formula is C18H11Cl2N5O. The van der Waals surface area contributed by atoms with Crippen molar-refractivity contribution >= 4 is 46.4 Å². The van der Waals surface area contributed by atoms with Gasteiger partial charge in [-0.25, -0.2) is 9.97 Å². The minimum absolute atomic E-state index is 0.181. The van der Waals surface area contributed by atoms with Crippen LogP contribution in [0.25, 0.3) is 0 Å². The molecular weight excluding hydrogens is 373 g/mol. The predicted octanol–water partition coefficient (Wildman–Crippen LogP) is 4.65. The number of carbonyl (C=O) groups excluding carboxylic acids is 1. The summed E-state index contributed by atoms with van der Waals surface area (Å²) < 4.78 is 0. The third-order valence-corrected chi connectivity index (χ3v) is 3.72. The van der Waals surface area contributed by atoms with Crippen molar-refractivity contribution in [2.75, 3.05) is 10.6 Å². The molecule has 0 aliphatic carbocycles. The summed E-state index contributed by atoms with van der Waals surface area (Å²) in [6.45, 7) is 0. The molecule has 0 saturated heterocycles. The van der Waals surface area contributed by atoms with E-state index in [9.17, 15) is 4.79 Å². The van der Waals surface area contributed by atoms with E-state index in [1.165, 1.54) is 12.3 Å². The molecule has 0 saturated carbocycles. The van der Waals surface area contributed by atoms with Crippen LogP contribution in [0.2, 0.25) is 10.0 Å². The van der Waals surface area contributed by atoms with E-state index in [1.54, 1.807) is 42.5 Å². The van der Waals surface area contributed by atoms with Gasteiger partial charge in [0.05, 0.1) is 11.6 Å². The van der Waals surface area contributed by atoms with Gasteiger partial charge in [0, 0.05) is 27.6 Å². The van der Waals surface area contributed by atoms with Crippen molar-refractivity contribution < 1.29 is 4.79 Å². The number of benzene rings is 2. The lowest BCUT2D eigenvalue weighted by atomic mass is 10.2. The second-order valence-corrected chi connectivity index (χ2v) is 6.06. The van der Waals surface area contributed by atoms with Crippen LogP contribution in [0.3, 0.4) is 0 Å². The number of amides is 1. The molecule has 1 aromatic heterocycles. The highest BCUT2D eigenvalue weighted by Crippen LogP contribution is 2.24. The molecule has 26 heavy (non-hydrogen) atoms. The molecule has 0 aliphatic rings. The molecule has 2 N–H and O–H groups in total. The van der Waals surface area contributed by atoms with Crippen molar-refractivity contribution in [2.45, 2.75) is 0 Å². The average Bonchev–Trinajstić information content (AvgIpc) is 2.61. The lowest BCUT2D eigenvalue weighted by molar-refractivity contribution is 0.102. The van der Waals surface area contributed by atoms with Gasteiger partial charge in [-0.1, -0.05) is 23.2 Å². The second kappa shape index (κ2) is 7.83. The van der Waals surface area contributed by atoms with Gasteiger partial charge in [-0.3, -0.25) is 4.79 Å². The van der Waals surface area contributed by atoms with Crippen LogP contribution < -0.4 is 10.6 Å². The van der Waals surface area contributed by atoms with Crippen LogP contribution in [0.5, 0.6) is 0 Å². The summed E-state index contributed by atoms with van der Waals surface area (Å²) in [5.41, 5.74) is 1.85. The second-order valence-electron chi connectivity index (χ2n) is 5.19. The zero-order chi connectivity index (χ0) is 18.5. The number of anilines is 3. The average molecular weight is 384 g/mol. The van der Waals surface area contributed by atoms with E-state index in [4.69, 9.17) is 28.5 Å². The van der Waals surface area contributed by atoms with Gasteiger partial charge >= 0.3 is 0 Å². The Hall–Kier alpha value is -3.14. The van der Waals surface area contributed by atoms with Crippen molar-refractivity contribution in [3.8, 4) is 6.07 Å². The van der Waals surface area contributed by atoms with Gasteiger partial charge in [0.15, 0.2) is 0 Å². The van der Waals surface area contributed by atoms with Crippen LogP contribution in [-0.4, -0.2) is 15.9 Å². The fourth-order valence-corrected chi connectivity index (χ4v) is 2.65. The Bertz CT molecular complexity index is 979. The number of nitrogens with zero attached hydrogens (tertiary/aromatic N) is 3. The Morgan fingerprint density at radius 1 is 1.00 bits per heavy atom. The quantitative estimate of drug-likeness (QED) is 0.683. The lowest BCUT2D eigenvalue weighted by Crippen LogP contribution is -2.14. The molecule has 0 atom stereocenters. The molecule has 1 heterocycles. The number of rotatable bonds is 4. The summed E-state index contributed by atoms with van der Waals surface area (Å²) in [5.74, 6) is -0.167. The molecule has 0 spiro atoms. The van der Waals surface area contributed by atoms with Crippen molar-refractivity contribution in [3.63, 3.8) is 0 Å². The van der Waals surface area contributed by atoms with Gasteiger partial charge in [-0.05, 0) is 48.5 Å². The lowest BCUT2D eigenvalue weighted by Gasteiger charge is -2.08. The Morgan fingerprint density at radius 2 is 1.69 bits per heavy atom. The molecule has 2 aromatic carbocycles. The van der Waals surface area contributed by atoms with E-state index in [1.807, 2.05) is 6.07 Å². The van der Waals surface area contributed by atoms with Crippen LogP contribution in [-0.2, 0) is 0 Å². The van der Waals surface area contributed by atoms with Crippen molar-refractivity contribution in [2.24, 2.45) is 0 Å². The van der Waals surface area contributed by atoms with Crippen molar-refractivity contribution in [1.82, 2.24) is 9.97 Å². The maximum absolute atomic E-state index is 12.3. The third kappa shape index (κ3) is 4.48. The highest BCUT2D eigenvalue weighted by Gasteiger charge is 2.10. The van der Waals surface area contributed by atoms with E-state index in [0.29, 0.717) is 27.0 Å². The van der Waals surface area contributed by atoms with E-state index in [0.717, 1.165) is 0 Å². The minimum Gasteiger partial charge on any atom is -0.324 e. The maximum Gasteiger partial charge on any atom is 0.274 e. The van der Waals surface area contributed by atoms with Crippen LogP contribution in [0.15, 0.2) is 54.7 Å².